The Labute approximate surface area is 85.3 Å². The highest BCUT2D eigenvalue weighted by Crippen LogP contribution is 2.34. The Morgan fingerprint density at radius 2 is 2.29 bits per heavy atom. The van der Waals surface area contributed by atoms with Gasteiger partial charge in [-0.15, -0.1) is 0 Å². The number of hydrogen-bond donors (Lipinski definition) is 1. The third-order valence-corrected chi connectivity index (χ3v) is 2.89. The van der Waals surface area contributed by atoms with E-state index < -0.39 is 0 Å². The maximum absolute atomic E-state index is 5.99. The molecule has 14 heavy (non-hydrogen) atoms. The topological polar surface area (TPSA) is 21.3 Å². The lowest BCUT2D eigenvalue weighted by Gasteiger charge is -2.35. The highest BCUT2D eigenvalue weighted by Gasteiger charge is 2.29. The van der Waals surface area contributed by atoms with Crippen LogP contribution >= 0.6 is 0 Å². The first-order valence-electron chi connectivity index (χ1n) is 5.16. The first kappa shape index (κ1) is 9.38. The molecule has 1 N–H and O–H groups in total. The Kier molecular flexibility index (Phi) is 2.14. The summed E-state index contributed by atoms with van der Waals surface area (Å²) in [6, 6.07) is 6.28. The third kappa shape index (κ3) is 1.57. The average Bonchev–Trinajstić information content (AvgIpc) is 2.17. The second kappa shape index (κ2) is 3.19. The van der Waals surface area contributed by atoms with E-state index in [1.165, 1.54) is 5.56 Å². The zero-order chi connectivity index (χ0) is 10.2. The van der Waals surface area contributed by atoms with Crippen molar-refractivity contribution < 1.29 is 4.74 Å². The van der Waals surface area contributed by atoms with Crippen LogP contribution in [0.15, 0.2) is 18.2 Å². The lowest BCUT2D eigenvalue weighted by atomic mass is 10.0. The van der Waals surface area contributed by atoms with Gasteiger partial charge in [0.15, 0.2) is 0 Å². The van der Waals surface area contributed by atoms with E-state index >= 15 is 0 Å². The first-order chi connectivity index (χ1) is 6.63. The van der Waals surface area contributed by atoms with Crippen LogP contribution in [-0.2, 0) is 0 Å². The Bertz CT molecular complexity index is 348. The van der Waals surface area contributed by atoms with Gasteiger partial charge in [0, 0.05) is 0 Å². The van der Waals surface area contributed by atoms with E-state index in [1.807, 2.05) is 0 Å². The van der Waals surface area contributed by atoms with Crippen molar-refractivity contribution in [2.75, 3.05) is 11.9 Å². The largest absolute Gasteiger partial charge is 0.484 e. The van der Waals surface area contributed by atoms with Gasteiger partial charge in [-0.05, 0) is 38.0 Å². The molecule has 1 aromatic carbocycles. The van der Waals surface area contributed by atoms with Crippen molar-refractivity contribution in [3.8, 4) is 5.75 Å². The molecule has 1 heterocycles. The fourth-order valence-corrected chi connectivity index (χ4v) is 1.64. The fraction of sp³-hybridized carbons (Fsp3) is 0.500. The fourth-order valence-electron chi connectivity index (χ4n) is 1.64. The summed E-state index contributed by atoms with van der Waals surface area (Å²) in [6.45, 7) is 7.27. The van der Waals surface area contributed by atoms with E-state index in [0.717, 1.165) is 24.4 Å². The number of hydrogen-bond acceptors (Lipinski definition) is 2. The molecule has 0 aliphatic carbocycles. The summed E-state index contributed by atoms with van der Waals surface area (Å²) < 4.78 is 5.99. The Morgan fingerprint density at radius 1 is 1.50 bits per heavy atom. The number of ether oxygens (including phenoxy) is 1. The predicted molar refractivity (Wildman–Crippen MR) is 59.0 cm³/mol. The molecule has 0 bridgehead atoms. The van der Waals surface area contributed by atoms with Gasteiger partial charge < -0.3 is 10.1 Å². The van der Waals surface area contributed by atoms with Gasteiger partial charge in [0.2, 0.25) is 0 Å². The van der Waals surface area contributed by atoms with Gasteiger partial charge in [0.25, 0.3) is 0 Å². The van der Waals surface area contributed by atoms with Crippen molar-refractivity contribution in [1.29, 1.82) is 0 Å². The van der Waals surface area contributed by atoms with Crippen LogP contribution in [0.4, 0.5) is 5.69 Å². The van der Waals surface area contributed by atoms with Gasteiger partial charge in [0.1, 0.15) is 11.4 Å². The summed E-state index contributed by atoms with van der Waals surface area (Å²) >= 11 is 0. The van der Waals surface area contributed by atoms with Gasteiger partial charge in [-0.2, -0.15) is 0 Å². The number of fused-ring (bicyclic) bond motifs is 1. The molecule has 1 unspecified atom stereocenters. The maximum Gasteiger partial charge on any atom is 0.143 e. The molecule has 1 aromatic rings. The summed E-state index contributed by atoms with van der Waals surface area (Å²) in [5.41, 5.74) is 2.30. The smallest absolute Gasteiger partial charge is 0.143 e. The van der Waals surface area contributed by atoms with E-state index in [0.29, 0.717) is 0 Å². The zero-order valence-electron chi connectivity index (χ0n) is 9.05. The number of aryl methyl sites for hydroxylation is 1. The van der Waals surface area contributed by atoms with Crippen LogP contribution in [0.5, 0.6) is 5.75 Å². The van der Waals surface area contributed by atoms with Crippen LogP contribution in [0.25, 0.3) is 0 Å². The molecule has 0 saturated carbocycles. The van der Waals surface area contributed by atoms with Gasteiger partial charge in [0.05, 0.1) is 12.2 Å². The minimum atomic E-state index is -0.0548. The standard InChI is InChI=1S/C12H17NO/c1-4-12(3)8-13-10-6-5-9(2)7-11(10)14-12/h5-7,13H,4,8H2,1-3H3. The molecule has 0 amide bonds. The van der Waals surface area contributed by atoms with E-state index in [2.05, 4.69) is 44.3 Å². The minimum absolute atomic E-state index is 0.0548. The summed E-state index contributed by atoms with van der Waals surface area (Å²) in [5.74, 6) is 0.987. The summed E-state index contributed by atoms with van der Waals surface area (Å²) in [7, 11) is 0. The number of nitrogens with one attached hydrogen (secondary N) is 1. The summed E-state index contributed by atoms with van der Waals surface area (Å²) in [5, 5.41) is 3.41. The van der Waals surface area contributed by atoms with Crippen molar-refractivity contribution in [1.82, 2.24) is 0 Å². The number of anilines is 1. The molecule has 1 atom stereocenters. The van der Waals surface area contributed by atoms with Crippen LogP contribution in [0.1, 0.15) is 25.8 Å². The highest BCUT2D eigenvalue weighted by molar-refractivity contribution is 5.59. The Morgan fingerprint density at radius 3 is 3.00 bits per heavy atom. The minimum Gasteiger partial charge on any atom is -0.484 e. The summed E-state index contributed by atoms with van der Waals surface area (Å²) in [6.07, 6.45) is 1.02. The van der Waals surface area contributed by atoms with Gasteiger partial charge in [-0.1, -0.05) is 13.0 Å². The normalized spacial score (nSPS) is 24.8. The van der Waals surface area contributed by atoms with Crippen molar-refractivity contribution in [3.63, 3.8) is 0 Å². The van der Waals surface area contributed by atoms with Gasteiger partial charge >= 0.3 is 0 Å². The SMILES string of the molecule is CCC1(C)CNc2ccc(C)cc2O1. The quantitative estimate of drug-likeness (QED) is 0.736. The van der Waals surface area contributed by atoms with E-state index in [4.69, 9.17) is 4.74 Å². The molecule has 76 valence electrons. The maximum atomic E-state index is 5.99. The molecule has 0 fully saturated rings. The van der Waals surface area contributed by atoms with Crippen molar-refractivity contribution in [2.24, 2.45) is 0 Å². The first-order valence-corrected chi connectivity index (χ1v) is 5.16. The monoisotopic (exact) mass is 191 g/mol. The molecule has 1 aliphatic rings. The zero-order valence-corrected chi connectivity index (χ0v) is 9.05. The van der Waals surface area contributed by atoms with E-state index in [9.17, 15) is 0 Å². The van der Waals surface area contributed by atoms with E-state index in [1.54, 1.807) is 0 Å². The molecule has 0 spiro atoms. The third-order valence-electron chi connectivity index (χ3n) is 2.89. The predicted octanol–water partition coefficient (Wildman–Crippen LogP) is 2.97. The summed E-state index contributed by atoms with van der Waals surface area (Å²) in [4.78, 5) is 0. The van der Waals surface area contributed by atoms with Gasteiger partial charge in [-0.25, -0.2) is 0 Å². The Hall–Kier alpha value is -1.18. The van der Waals surface area contributed by atoms with Gasteiger partial charge in [-0.3, -0.25) is 0 Å². The van der Waals surface area contributed by atoms with Crippen LogP contribution < -0.4 is 10.1 Å². The Balaban J connectivity index is 2.33. The molecule has 0 saturated heterocycles. The number of benzene rings is 1. The van der Waals surface area contributed by atoms with Crippen LogP contribution in [0.2, 0.25) is 0 Å². The molecular formula is C12H17NO. The molecule has 2 rings (SSSR count). The van der Waals surface area contributed by atoms with Crippen molar-refractivity contribution in [2.45, 2.75) is 32.8 Å². The van der Waals surface area contributed by atoms with Crippen molar-refractivity contribution in [3.05, 3.63) is 23.8 Å². The molecule has 2 nitrogen and oxygen atoms in total. The number of rotatable bonds is 1. The van der Waals surface area contributed by atoms with Crippen LogP contribution in [0, 0.1) is 6.92 Å². The molecule has 1 aliphatic heterocycles. The van der Waals surface area contributed by atoms with Crippen molar-refractivity contribution >= 4 is 5.69 Å². The van der Waals surface area contributed by atoms with E-state index in [-0.39, 0.29) is 5.60 Å². The lowest BCUT2D eigenvalue weighted by Crippen LogP contribution is -2.42. The van der Waals surface area contributed by atoms with Crippen LogP contribution in [0.3, 0.4) is 0 Å². The molecule has 0 radical (unpaired) electrons. The highest BCUT2D eigenvalue weighted by atomic mass is 16.5. The molecule has 2 heteroatoms. The molecule has 0 aromatic heterocycles. The average molecular weight is 191 g/mol. The second-order valence-electron chi connectivity index (χ2n) is 4.26. The lowest BCUT2D eigenvalue weighted by molar-refractivity contribution is 0.0911. The van der Waals surface area contributed by atoms with Crippen LogP contribution in [-0.4, -0.2) is 12.1 Å². The molecular weight excluding hydrogens is 174 g/mol. The second-order valence-corrected chi connectivity index (χ2v) is 4.26.